The van der Waals surface area contributed by atoms with E-state index in [-0.39, 0.29) is 23.7 Å². The number of benzene rings is 1. The number of carboxylic acid groups (broad SMARTS) is 1. The highest BCUT2D eigenvalue weighted by Gasteiger charge is 2.42. The summed E-state index contributed by atoms with van der Waals surface area (Å²) < 4.78 is 16.4. The Hall–Kier alpha value is -2.25. The quantitative estimate of drug-likeness (QED) is 0.485. The maximum absolute atomic E-state index is 14.2. The number of hydrogen-bond acceptors (Lipinski definition) is 4. The van der Waals surface area contributed by atoms with Gasteiger partial charge < -0.3 is 10.0 Å². The number of piperidine rings is 1. The van der Waals surface area contributed by atoms with E-state index in [4.69, 9.17) is 5.10 Å². The predicted octanol–water partition coefficient (Wildman–Crippen LogP) is 5.44. The third-order valence-electron chi connectivity index (χ3n) is 9.09. The summed E-state index contributed by atoms with van der Waals surface area (Å²) in [7, 11) is 1.96. The van der Waals surface area contributed by atoms with Crippen molar-refractivity contribution in [1.29, 1.82) is 0 Å². The van der Waals surface area contributed by atoms with Crippen molar-refractivity contribution in [3.63, 3.8) is 0 Å². The molecule has 7 heteroatoms. The predicted molar refractivity (Wildman–Crippen MR) is 145 cm³/mol. The zero-order valence-corrected chi connectivity index (χ0v) is 23.5. The molecule has 1 aliphatic carbocycles. The Morgan fingerprint density at radius 3 is 2.51 bits per heavy atom. The van der Waals surface area contributed by atoms with Crippen molar-refractivity contribution in [1.82, 2.24) is 19.6 Å². The molecule has 2 aliphatic rings. The van der Waals surface area contributed by atoms with Crippen LogP contribution in [-0.4, -0.2) is 69.4 Å². The van der Waals surface area contributed by atoms with Gasteiger partial charge in [-0.05, 0) is 108 Å². The molecule has 0 spiro atoms. The molecule has 37 heavy (non-hydrogen) atoms. The number of aliphatic carboxylic acids is 1. The number of aryl methyl sites for hydroxylation is 2. The monoisotopic (exact) mass is 512 g/mol. The van der Waals surface area contributed by atoms with Crippen LogP contribution >= 0.6 is 0 Å². The Bertz CT molecular complexity index is 1080. The second-order valence-electron chi connectivity index (χ2n) is 11.7. The molecule has 1 saturated carbocycles. The fraction of sp³-hybridized carbons (Fsp3) is 0.667. The van der Waals surface area contributed by atoms with E-state index in [1.165, 1.54) is 17.3 Å². The molecule has 1 saturated heterocycles. The molecule has 0 radical (unpaired) electrons. The molecule has 2 fully saturated rings. The number of nitrogens with zero attached hydrogens (tertiary/aromatic N) is 4. The fourth-order valence-corrected chi connectivity index (χ4v) is 7.10. The van der Waals surface area contributed by atoms with Gasteiger partial charge in [0.2, 0.25) is 0 Å². The minimum Gasteiger partial charge on any atom is -0.480 e. The van der Waals surface area contributed by atoms with Crippen LogP contribution in [0.2, 0.25) is 0 Å². The lowest BCUT2D eigenvalue weighted by molar-refractivity contribution is -0.145. The van der Waals surface area contributed by atoms with Gasteiger partial charge in [0, 0.05) is 30.7 Å². The molecular formula is C30H45FN4O2. The molecule has 1 N–H and O–H groups in total. The molecule has 0 bridgehead atoms. The topological polar surface area (TPSA) is 61.6 Å². The van der Waals surface area contributed by atoms with Crippen LogP contribution in [0.25, 0.3) is 0 Å². The van der Waals surface area contributed by atoms with Crippen LogP contribution < -0.4 is 0 Å². The van der Waals surface area contributed by atoms with Crippen molar-refractivity contribution in [2.75, 3.05) is 26.7 Å². The van der Waals surface area contributed by atoms with Gasteiger partial charge in [-0.15, -0.1) is 0 Å². The molecule has 1 aromatic heterocycles. The van der Waals surface area contributed by atoms with Crippen molar-refractivity contribution in [3.05, 3.63) is 52.6 Å². The maximum atomic E-state index is 14.2. The number of hydrogen-bond donors (Lipinski definition) is 1. The Balaban J connectivity index is 1.48. The number of likely N-dealkylation sites (N-methyl/N-ethyl adjacent to an activating group) is 1. The molecule has 1 aromatic carbocycles. The number of halogens is 1. The van der Waals surface area contributed by atoms with E-state index in [0.29, 0.717) is 11.8 Å². The van der Waals surface area contributed by atoms with E-state index in [2.05, 4.69) is 35.3 Å². The van der Waals surface area contributed by atoms with Gasteiger partial charge >= 0.3 is 5.97 Å². The van der Waals surface area contributed by atoms with Crippen molar-refractivity contribution in [2.45, 2.75) is 90.8 Å². The number of carbonyl (C=O) groups is 1. The molecule has 4 atom stereocenters. The molecule has 2 aromatic rings. The van der Waals surface area contributed by atoms with Crippen LogP contribution in [0, 0.1) is 31.5 Å². The summed E-state index contributed by atoms with van der Waals surface area (Å²) in [4.78, 5) is 16.7. The minimum absolute atomic E-state index is 0.0249. The third-order valence-corrected chi connectivity index (χ3v) is 9.09. The van der Waals surface area contributed by atoms with Crippen LogP contribution in [0.5, 0.6) is 0 Å². The summed E-state index contributed by atoms with van der Waals surface area (Å²) >= 11 is 0. The lowest BCUT2D eigenvalue weighted by Gasteiger charge is -2.35. The summed E-state index contributed by atoms with van der Waals surface area (Å²) in [5.41, 5.74) is 4.93. The van der Waals surface area contributed by atoms with E-state index in [1.807, 2.05) is 27.0 Å². The fourth-order valence-electron chi connectivity index (χ4n) is 7.10. The second-order valence-corrected chi connectivity index (χ2v) is 11.7. The number of rotatable bonds is 9. The van der Waals surface area contributed by atoms with Gasteiger partial charge in [-0.1, -0.05) is 26.0 Å². The van der Waals surface area contributed by atoms with Gasteiger partial charge in [0.1, 0.15) is 11.9 Å². The zero-order chi connectivity index (χ0) is 26.9. The minimum atomic E-state index is -0.762. The average molecular weight is 513 g/mol. The van der Waals surface area contributed by atoms with Gasteiger partial charge in [0.15, 0.2) is 0 Å². The normalized spacial score (nSPS) is 24.3. The standard InChI is InChI=1S/C30H45FN4O2/c1-7-35-29(20(4)21(5)32-35)22-11-13-34(14-12-22)18-24-16-26(33(6)28(19(2)3)30(36)37)17-27(24)23-9-8-10-25(31)15-23/h8-10,15,19,22,24,26-28H,7,11-14,16-18H2,1-6H3,(H,36,37)/t24?,26?,27?,28-/m1/s1. The summed E-state index contributed by atoms with van der Waals surface area (Å²) in [6.45, 7) is 14.4. The van der Waals surface area contributed by atoms with Crippen LogP contribution in [0.1, 0.15) is 80.8 Å². The maximum Gasteiger partial charge on any atom is 0.321 e. The highest BCUT2D eigenvalue weighted by molar-refractivity contribution is 5.73. The van der Waals surface area contributed by atoms with E-state index < -0.39 is 12.0 Å². The Labute approximate surface area is 221 Å². The largest absolute Gasteiger partial charge is 0.480 e. The summed E-state index contributed by atoms with van der Waals surface area (Å²) in [5.74, 6) is 0.212. The van der Waals surface area contributed by atoms with E-state index >= 15 is 0 Å². The Morgan fingerprint density at radius 1 is 1.22 bits per heavy atom. The van der Waals surface area contributed by atoms with Gasteiger partial charge in [-0.2, -0.15) is 5.10 Å². The highest BCUT2D eigenvalue weighted by atomic mass is 19.1. The summed E-state index contributed by atoms with van der Waals surface area (Å²) in [5, 5.41) is 14.6. The molecule has 3 unspecified atom stereocenters. The smallest absolute Gasteiger partial charge is 0.321 e. The van der Waals surface area contributed by atoms with Crippen molar-refractivity contribution in [2.24, 2.45) is 11.8 Å². The average Bonchev–Trinajstić information content (AvgIpc) is 3.40. The molecule has 4 rings (SSSR count). The summed E-state index contributed by atoms with van der Waals surface area (Å²) in [6.07, 6.45) is 4.06. The Kier molecular flexibility index (Phi) is 8.74. The van der Waals surface area contributed by atoms with Crippen LogP contribution in [0.15, 0.2) is 24.3 Å². The van der Waals surface area contributed by atoms with E-state index in [1.54, 1.807) is 12.1 Å². The van der Waals surface area contributed by atoms with Gasteiger partial charge in [-0.25, -0.2) is 4.39 Å². The SMILES string of the molecule is CCn1nc(C)c(C)c1C1CCN(CC2CC(N(C)[C@@H](C(=O)O)C(C)C)CC2c2cccc(F)c2)CC1. The van der Waals surface area contributed by atoms with E-state index in [9.17, 15) is 14.3 Å². The second kappa shape index (κ2) is 11.6. The lowest BCUT2D eigenvalue weighted by Crippen LogP contribution is -2.47. The van der Waals surface area contributed by atoms with Gasteiger partial charge in [-0.3, -0.25) is 14.4 Å². The van der Waals surface area contributed by atoms with Crippen LogP contribution in [0.3, 0.4) is 0 Å². The molecule has 2 heterocycles. The lowest BCUT2D eigenvalue weighted by atomic mass is 9.86. The first-order valence-electron chi connectivity index (χ1n) is 14.1. The zero-order valence-electron chi connectivity index (χ0n) is 23.5. The molecule has 0 amide bonds. The van der Waals surface area contributed by atoms with E-state index in [0.717, 1.165) is 63.1 Å². The van der Waals surface area contributed by atoms with Crippen molar-refractivity contribution in [3.8, 4) is 0 Å². The molecule has 1 aliphatic heterocycles. The molecular weight excluding hydrogens is 467 g/mol. The highest BCUT2D eigenvalue weighted by Crippen LogP contribution is 2.43. The van der Waals surface area contributed by atoms with Crippen LogP contribution in [-0.2, 0) is 11.3 Å². The number of likely N-dealkylation sites (tertiary alicyclic amines) is 1. The van der Waals surface area contributed by atoms with Crippen molar-refractivity contribution >= 4 is 5.97 Å². The first kappa shape index (κ1) is 27.8. The van der Waals surface area contributed by atoms with Crippen molar-refractivity contribution < 1.29 is 14.3 Å². The molecule has 6 nitrogen and oxygen atoms in total. The number of aromatic nitrogens is 2. The molecule has 204 valence electrons. The first-order chi connectivity index (χ1) is 17.6. The number of carboxylic acids is 1. The Morgan fingerprint density at radius 2 is 1.92 bits per heavy atom. The summed E-state index contributed by atoms with van der Waals surface area (Å²) in [6, 6.07) is 6.70. The first-order valence-corrected chi connectivity index (χ1v) is 14.1. The van der Waals surface area contributed by atoms with Crippen LogP contribution in [0.4, 0.5) is 4.39 Å². The third kappa shape index (κ3) is 5.93. The van der Waals surface area contributed by atoms with Gasteiger partial charge in [0.05, 0.1) is 5.69 Å². The van der Waals surface area contributed by atoms with Gasteiger partial charge in [0.25, 0.3) is 0 Å².